The van der Waals surface area contributed by atoms with Crippen LogP contribution in [0.2, 0.25) is 5.02 Å². The van der Waals surface area contributed by atoms with E-state index >= 15 is 0 Å². The number of anilines is 2. The van der Waals surface area contributed by atoms with Gasteiger partial charge in [-0.25, -0.2) is 13.8 Å². The number of nitrogens with zero attached hydrogens (tertiary/aromatic N) is 3. The highest BCUT2D eigenvalue weighted by atomic mass is 35.5. The average Bonchev–Trinajstić information content (AvgIpc) is 2.83. The number of amides is 1. The van der Waals surface area contributed by atoms with Crippen LogP contribution in [0.5, 0.6) is 5.75 Å². The fourth-order valence-electron chi connectivity index (χ4n) is 3.17. The second-order valence-corrected chi connectivity index (χ2v) is 10.2. The largest absolute Gasteiger partial charge is 0.495 e. The molecule has 0 bridgehead atoms. The van der Waals surface area contributed by atoms with Crippen LogP contribution in [0.15, 0.2) is 76.7 Å². The number of benzene rings is 3. The SMILES string of the molecule is COc1ccc(N(CC(=O)N/N=C\c2ccc(N(C)C)cc2)S(=O)(=O)c2ccc(C)cc2)cc1Cl. The average molecular weight is 515 g/mol. The molecule has 1 amide bonds. The Labute approximate surface area is 210 Å². The highest BCUT2D eigenvalue weighted by Crippen LogP contribution is 2.32. The number of nitrogens with one attached hydrogen (secondary N) is 1. The summed E-state index contributed by atoms with van der Waals surface area (Å²) in [6.45, 7) is 1.35. The fourth-order valence-corrected chi connectivity index (χ4v) is 4.83. The smallest absolute Gasteiger partial charge is 0.264 e. The Morgan fingerprint density at radius 1 is 1.03 bits per heavy atom. The number of carbonyl (C=O) groups is 1. The van der Waals surface area contributed by atoms with Crippen LogP contribution in [0.25, 0.3) is 0 Å². The molecule has 8 nitrogen and oxygen atoms in total. The van der Waals surface area contributed by atoms with Gasteiger partial charge in [-0.15, -0.1) is 0 Å². The Hall–Kier alpha value is -3.56. The van der Waals surface area contributed by atoms with Crippen LogP contribution < -0.4 is 19.4 Å². The van der Waals surface area contributed by atoms with Gasteiger partial charge in [0.05, 0.1) is 28.9 Å². The van der Waals surface area contributed by atoms with Gasteiger partial charge in [-0.3, -0.25) is 9.10 Å². The fraction of sp³-hybridized carbons (Fsp3) is 0.200. The van der Waals surface area contributed by atoms with E-state index in [0.29, 0.717) is 5.75 Å². The maximum absolute atomic E-state index is 13.5. The van der Waals surface area contributed by atoms with E-state index in [1.807, 2.05) is 50.2 Å². The molecule has 3 aromatic rings. The van der Waals surface area contributed by atoms with Crippen LogP contribution in [-0.2, 0) is 14.8 Å². The molecule has 0 atom stereocenters. The van der Waals surface area contributed by atoms with E-state index in [1.165, 1.54) is 37.6 Å². The monoisotopic (exact) mass is 514 g/mol. The van der Waals surface area contributed by atoms with Crippen LogP contribution in [0.1, 0.15) is 11.1 Å². The highest BCUT2D eigenvalue weighted by Gasteiger charge is 2.27. The first kappa shape index (κ1) is 26.1. The van der Waals surface area contributed by atoms with E-state index in [9.17, 15) is 13.2 Å². The van der Waals surface area contributed by atoms with E-state index in [2.05, 4.69) is 10.5 Å². The molecule has 0 radical (unpaired) electrons. The molecule has 10 heteroatoms. The Balaban J connectivity index is 1.84. The Bertz CT molecular complexity index is 1310. The number of rotatable bonds is 9. The molecule has 0 saturated heterocycles. The number of methoxy groups -OCH3 is 1. The van der Waals surface area contributed by atoms with Crippen molar-refractivity contribution in [3.8, 4) is 5.75 Å². The van der Waals surface area contributed by atoms with Crippen LogP contribution >= 0.6 is 11.6 Å². The van der Waals surface area contributed by atoms with E-state index in [1.54, 1.807) is 18.2 Å². The van der Waals surface area contributed by atoms with Crippen molar-refractivity contribution in [1.29, 1.82) is 0 Å². The maximum Gasteiger partial charge on any atom is 0.264 e. The lowest BCUT2D eigenvalue weighted by Gasteiger charge is -2.24. The Morgan fingerprint density at radius 3 is 2.23 bits per heavy atom. The molecule has 0 unspecified atom stereocenters. The number of hydrogen-bond donors (Lipinski definition) is 1. The standard InChI is InChI=1S/C25H27ClN4O4S/c1-18-5-12-22(13-6-18)35(32,33)30(21-11-14-24(34-4)23(26)15-21)17-25(31)28-27-16-19-7-9-20(10-8-19)29(2)3/h5-16H,17H2,1-4H3,(H,28,31)/b27-16-. The minimum atomic E-state index is -4.08. The van der Waals surface area contributed by atoms with Gasteiger partial charge < -0.3 is 9.64 Å². The van der Waals surface area contributed by atoms with E-state index in [-0.39, 0.29) is 15.6 Å². The van der Waals surface area contributed by atoms with Gasteiger partial charge in [0.25, 0.3) is 15.9 Å². The number of hydrazone groups is 1. The van der Waals surface area contributed by atoms with Gasteiger partial charge in [0, 0.05) is 19.8 Å². The van der Waals surface area contributed by atoms with Gasteiger partial charge in [-0.2, -0.15) is 5.10 Å². The number of sulfonamides is 1. The molecule has 3 rings (SSSR count). The summed E-state index contributed by atoms with van der Waals surface area (Å²) >= 11 is 6.24. The molecule has 35 heavy (non-hydrogen) atoms. The van der Waals surface area contributed by atoms with Gasteiger partial charge >= 0.3 is 0 Å². The molecule has 0 heterocycles. The zero-order valence-corrected chi connectivity index (χ0v) is 21.5. The summed E-state index contributed by atoms with van der Waals surface area (Å²) in [4.78, 5) is 14.7. The van der Waals surface area contributed by atoms with E-state index in [0.717, 1.165) is 21.1 Å². The van der Waals surface area contributed by atoms with Gasteiger partial charge in [-0.05, 0) is 55.0 Å². The third kappa shape index (κ3) is 6.52. The predicted molar refractivity (Wildman–Crippen MR) is 140 cm³/mol. The first-order chi connectivity index (χ1) is 16.6. The van der Waals surface area contributed by atoms with Crippen LogP contribution in [0.4, 0.5) is 11.4 Å². The summed E-state index contributed by atoms with van der Waals surface area (Å²) in [7, 11) is 1.26. The molecular formula is C25H27ClN4O4S. The predicted octanol–water partition coefficient (Wildman–Crippen LogP) is 4.07. The Morgan fingerprint density at radius 2 is 1.66 bits per heavy atom. The van der Waals surface area contributed by atoms with Crippen LogP contribution in [0.3, 0.4) is 0 Å². The minimum absolute atomic E-state index is 0.0484. The number of hydrogen-bond acceptors (Lipinski definition) is 6. The maximum atomic E-state index is 13.5. The molecule has 1 N–H and O–H groups in total. The topological polar surface area (TPSA) is 91.3 Å². The van der Waals surface area contributed by atoms with Gasteiger partial charge in [0.1, 0.15) is 12.3 Å². The summed E-state index contributed by atoms with van der Waals surface area (Å²) in [5.41, 5.74) is 5.33. The van der Waals surface area contributed by atoms with Crippen molar-refractivity contribution in [2.45, 2.75) is 11.8 Å². The number of aryl methyl sites for hydroxylation is 1. The molecule has 0 aliphatic carbocycles. The van der Waals surface area contributed by atoms with Crippen molar-refractivity contribution < 1.29 is 17.9 Å². The normalized spacial score (nSPS) is 11.3. The highest BCUT2D eigenvalue weighted by molar-refractivity contribution is 7.92. The van der Waals surface area contributed by atoms with Crippen molar-refractivity contribution in [3.63, 3.8) is 0 Å². The zero-order chi connectivity index (χ0) is 25.6. The van der Waals surface area contributed by atoms with Gasteiger partial charge in [0.15, 0.2) is 0 Å². The number of halogens is 1. The summed E-state index contributed by atoms with van der Waals surface area (Å²) in [6, 6.07) is 18.5. The minimum Gasteiger partial charge on any atom is -0.495 e. The molecule has 0 spiro atoms. The van der Waals surface area contributed by atoms with Gasteiger partial charge in [-0.1, -0.05) is 41.4 Å². The van der Waals surface area contributed by atoms with Crippen LogP contribution in [0, 0.1) is 6.92 Å². The molecular weight excluding hydrogens is 488 g/mol. The molecule has 0 aromatic heterocycles. The Kier molecular flexibility index (Phi) is 8.37. The molecule has 0 fully saturated rings. The summed E-state index contributed by atoms with van der Waals surface area (Å²) in [5.74, 6) is -0.230. The van der Waals surface area contributed by atoms with Crippen molar-refractivity contribution in [1.82, 2.24) is 5.43 Å². The zero-order valence-electron chi connectivity index (χ0n) is 19.9. The van der Waals surface area contributed by atoms with E-state index in [4.69, 9.17) is 16.3 Å². The lowest BCUT2D eigenvalue weighted by molar-refractivity contribution is -0.119. The molecule has 3 aromatic carbocycles. The lowest BCUT2D eigenvalue weighted by Crippen LogP contribution is -2.39. The first-order valence-electron chi connectivity index (χ1n) is 10.6. The second kappa shape index (κ2) is 11.2. The molecule has 0 saturated carbocycles. The quantitative estimate of drug-likeness (QED) is 0.343. The van der Waals surface area contributed by atoms with E-state index < -0.39 is 22.5 Å². The lowest BCUT2D eigenvalue weighted by atomic mass is 10.2. The van der Waals surface area contributed by atoms with Crippen molar-refractivity contribution in [3.05, 3.63) is 82.9 Å². The molecule has 184 valence electrons. The summed E-state index contributed by atoms with van der Waals surface area (Å²) in [5, 5.41) is 4.18. The number of ether oxygens (including phenoxy) is 1. The molecule has 0 aliphatic heterocycles. The third-order valence-corrected chi connectivity index (χ3v) is 7.22. The summed E-state index contributed by atoms with van der Waals surface area (Å²) < 4.78 is 33.1. The van der Waals surface area contributed by atoms with Crippen LogP contribution in [-0.4, -0.2) is 48.3 Å². The first-order valence-corrected chi connectivity index (χ1v) is 12.5. The second-order valence-electron chi connectivity index (χ2n) is 7.92. The van der Waals surface area contributed by atoms with Crippen molar-refractivity contribution in [2.75, 3.05) is 37.0 Å². The molecule has 0 aliphatic rings. The van der Waals surface area contributed by atoms with Crippen molar-refractivity contribution >= 4 is 45.1 Å². The number of carbonyl (C=O) groups excluding carboxylic acids is 1. The third-order valence-electron chi connectivity index (χ3n) is 5.13. The summed E-state index contributed by atoms with van der Waals surface area (Å²) in [6.07, 6.45) is 1.49. The van der Waals surface area contributed by atoms with Gasteiger partial charge in [0.2, 0.25) is 0 Å². The van der Waals surface area contributed by atoms with Crippen molar-refractivity contribution in [2.24, 2.45) is 5.10 Å².